The quantitative estimate of drug-likeness (QED) is 0.407. The standard InChI is InChI=1S/3ClH.H2O.Pu/h3*1H;1H2;/p-3. The summed E-state index contributed by atoms with van der Waals surface area (Å²) in [6.07, 6.45) is 0. The van der Waals surface area contributed by atoms with E-state index in [1.165, 1.54) is 0 Å². The first-order chi connectivity index (χ1) is 0. The molecule has 0 aromatic rings. The van der Waals surface area contributed by atoms with Gasteiger partial charge >= 0.3 is 0 Å². The first-order valence-electron chi connectivity index (χ1n) is 0. The van der Waals surface area contributed by atoms with Crippen molar-refractivity contribution in [3.63, 3.8) is 0 Å². The molecule has 0 aliphatic heterocycles. The van der Waals surface area contributed by atoms with Crippen molar-refractivity contribution in [2.75, 3.05) is 0 Å². The predicted octanol–water partition coefficient (Wildman–Crippen LogP) is -9.81. The Bertz CT molecular complexity index is 6.85. The van der Waals surface area contributed by atoms with Crippen molar-refractivity contribution in [1.82, 2.24) is 0 Å². The van der Waals surface area contributed by atoms with Crippen molar-refractivity contribution in [2.24, 2.45) is 0 Å². The molecule has 0 rings (SSSR count). The van der Waals surface area contributed by atoms with E-state index in [9.17, 15) is 0 Å². The second kappa shape index (κ2) is 40.9. The Kier molecular flexibility index (Phi) is 571. The van der Waals surface area contributed by atoms with Gasteiger partial charge in [-0.2, -0.15) is 0 Å². The molecule has 0 heterocycles. The van der Waals surface area contributed by atoms with Crippen LogP contribution in [-0.4, -0.2) is 5.48 Å². The van der Waals surface area contributed by atoms with E-state index in [1.54, 1.807) is 0 Å². The maximum Gasteiger partial charge on any atom is 0 e. The molecule has 0 fully saturated rings. The molecule has 1 nitrogen and oxygen atoms in total. The summed E-state index contributed by atoms with van der Waals surface area (Å²) in [7, 11) is 0. The van der Waals surface area contributed by atoms with Gasteiger partial charge in [0.05, 0.1) is 0 Å². The first kappa shape index (κ1) is 69.9. The van der Waals surface area contributed by atoms with Crippen LogP contribution in [0, 0.1) is 29.2 Å². The van der Waals surface area contributed by atoms with Gasteiger partial charge < -0.3 is 42.7 Å². The summed E-state index contributed by atoms with van der Waals surface area (Å²) in [6, 6.07) is 0. The Hall–Kier alpha value is 1.82. The fourth-order valence-corrected chi connectivity index (χ4v) is 0. The normalized spacial score (nSPS) is 0. The molecule has 0 bridgehead atoms. The van der Waals surface area contributed by atoms with E-state index in [0.29, 0.717) is 0 Å². The molecule has 2 N–H and O–H groups in total. The molecule has 0 unspecified atom stereocenters. The summed E-state index contributed by atoms with van der Waals surface area (Å²) in [5.41, 5.74) is 0. The molecule has 0 saturated carbocycles. The number of hydrogen-bond acceptors (Lipinski definition) is 0. The third-order valence-corrected chi connectivity index (χ3v) is 0. The molecule has 38 valence electrons. The first-order valence-corrected chi connectivity index (χ1v) is 0. The van der Waals surface area contributed by atoms with Crippen molar-refractivity contribution in [1.29, 1.82) is 0 Å². The van der Waals surface area contributed by atoms with Crippen molar-refractivity contribution < 1.29 is 71.9 Å². The van der Waals surface area contributed by atoms with E-state index in [4.69, 9.17) is 0 Å². The molecule has 0 aliphatic carbocycles. The van der Waals surface area contributed by atoms with Crippen LogP contribution >= 0.6 is 0 Å². The molecule has 0 aromatic carbocycles. The molecule has 0 saturated heterocycles. The predicted molar refractivity (Wildman–Crippen MR) is 3.61 cm³/mol. The van der Waals surface area contributed by atoms with Gasteiger partial charge in [0.25, 0.3) is 0 Å². The number of hydrogen-bond donors (Lipinski definition) is 0. The average molecular weight is 368 g/mol. The summed E-state index contributed by atoms with van der Waals surface area (Å²) in [5.74, 6) is 0. The third-order valence-electron chi connectivity index (χ3n) is 0. The Morgan fingerprint density at radius 1 is 0.600 bits per heavy atom. The van der Waals surface area contributed by atoms with E-state index in [2.05, 4.69) is 0 Å². The van der Waals surface area contributed by atoms with Crippen molar-refractivity contribution in [3.05, 3.63) is 0 Å². The van der Waals surface area contributed by atoms with Gasteiger partial charge in [-0.3, -0.25) is 0 Å². The summed E-state index contributed by atoms with van der Waals surface area (Å²) in [6.45, 7) is 0. The van der Waals surface area contributed by atoms with Gasteiger partial charge in [-0.05, 0) is 0 Å². The van der Waals surface area contributed by atoms with Gasteiger partial charge in [0.15, 0.2) is 0 Å². The monoisotopic (exact) mass is 361 g/mol. The Morgan fingerprint density at radius 3 is 0.600 bits per heavy atom. The molecular weight excluding hydrogens is 366 g/mol. The fraction of sp³-hybridized carbons (Fsp3) is 0. The second-order valence-electron chi connectivity index (χ2n) is 0. The van der Waals surface area contributed by atoms with Crippen molar-refractivity contribution in [3.8, 4) is 0 Å². The molecule has 0 aromatic heterocycles. The summed E-state index contributed by atoms with van der Waals surface area (Å²) >= 11 is 0. The van der Waals surface area contributed by atoms with E-state index < -0.39 is 0 Å². The molecule has 0 radical (unpaired) electrons. The van der Waals surface area contributed by atoms with Crippen LogP contribution in [0.25, 0.3) is 0 Å². The largest absolute Gasteiger partial charge is 1.00 e. The van der Waals surface area contributed by atoms with Crippen LogP contribution in [0.2, 0.25) is 0 Å². The Balaban J connectivity index is 0. The fourth-order valence-electron chi connectivity index (χ4n) is 0. The van der Waals surface area contributed by atoms with Gasteiger partial charge in [0, 0.05) is 29.2 Å². The van der Waals surface area contributed by atoms with E-state index >= 15 is 0 Å². The maximum absolute atomic E-state index is 0. The van der Waals surface area contributed by atoms with Gasteiger partial charge in [-0.15, -0.1) is 0 Å². The molecule has 5 heteroatoms. The Labute approximate surface area is 71.4 Å². The number of halogens is 3. The van der Waals surface area contributed by atoms with Gasteiger partial charge in [-0.25, -0.2) is 0 Å². The van der Waals surface area contributed by atoms with E-state index in [-0.39, 0.29) is 71.9 Å². The summed E-state index contributed by atoms with van der Waals surface area (Å²) in [4.78, 5) is 0. The average Bonchev–Trinajstić information content (AvgIpc) is 0. The van der Waals surface area contributed by atoms with Crippen LogP contribution in [-0.2, 0) is 0 Å². The van der Waals surface area contributed by atoms with Gasteiger partial charge in [-0.1, -0.05) is 0 Å². The van der Waals surface area contributed by atoms with Crippen LogP contribution < -0.4 is 37.2 Å². The summed E-state index contributed by atoms with van der Waals surface area (Å²) < 4.78 is 0. The molecule has 0 aliphatic rings. The maximum atomic E-state index is 0. The number of rotatable bonds is 0. The minimum Gasteiger partial charge on any atom is -1.00 e. The molecular formula is H2Cl3OPu-3. The van der Waals surface area contributed by atoms with Crippen molar-refractivity contribution in [2.45, 2.75) is 0 Å². The topological polar surface area (TPSA) is 31.5 Å². The third kappa shape index (κ3) is 25.7. The zero-order valence-corrected chi connectivity index (χ0v) is 7.71. The minimum atomic E-state index is 0. The molecule has 5 heavy (non-hydrogen) atoms. The zero-order chi connectivity index (χ0) is 0. The minimum absolute atomic E-state index is 0. The molecule has 0 amide bonds. The molecule has 0 spiro atoms. The van der Waals surface area contributed by atoms with Crippen LogP contribution in [0.1, 0.15) is 0 Å². The van der Waals surface area contributed by atoms with Crippen molar-refractivity contribution >= 4 is 0 Å². The van der Waals surface area contributed by atoms with Gasteiger partial charge in [0.2, 0.25) is 0 Å². The molecule has 0 atom stereocenters. The Morgan fingerprint density at radius 2 is 0.600 bits per heavy atom. The second-order valence-corrected chi connectivity index (χ2v) is 0. The van der Waals surface area contributed by atoms with Crippen LogP contribution in [0.4, 0.5) is 0 Å². The van der Waals surface area contributed by atoms with Crippen LogP contribution in [0.5, 0.6) is 0 Å². The van der Waals surface area contributed by atoms with E-state index in [0.717, 1.165) is 0 Å². The smallest absolute Gasteiger partial charge is 0 e. The van der Waals surface area contributed by atoms with Crippen LogP contribution in [0.15, 0.2) is 0 Å². The van der Waals surface area contributed by atoms with Gasteiger partial charge in [0.1, 0.15) is 0 Å². The van der Waals surface area contributed by atoms with Crippen LogP contribution in [0.3, 0.4) is 0 Å². The SMILES string of the molecule is O.[Cl-].[Cl-].[Cl-].[Pu]. The zero-order valence-electron chi connectivity index (χ0n) is 2.04. The summed E-state index contributed by atoms with van der Waals surface area (Å²) in [5, 5.41) is 0. The van der Waals surface area contributed by atoms with E-state index in [1.807, 2.05) is 0 Å².